The summed E-state index contributed by atoms with van der Waals surface area (Å²) in [5, 5.41) is 10.8. The molecule has 0 amide bonds. The van der Waals surface area contributed by atoms with Crippen molar-refractivity contribution < 1.29 is 9.84 Å². The lowest BCUT2D eigenvalue weighted by Crippen LogP contribution is -2.30. The summed E-state index contributed by atoms with van der Waals surface area (Å²) in [6.45, 7) is 2.21. The molecular formula is C21H17N3O4. The van der Waals surface area contributed by atoms with Crippen LogP contribution in [-0.4, -0.2) is 27.5 Å². The van der Waals surface area contributed by atoms with Crippen LogP contribution >= 0.6 is 0 Å². The Morgan fingerprint density at radius 3 is 2.71 bits per heavy atom. The number of aromatic amines is 1. The van der Waals surface area contributed by atoms with Crippen molar-refractivity contribution >= 4 is 23.6 Å². The highest BCUT2D eigenvalue weighted by atomic mass is 16.5. The second-order valence-corrected chi connectivity index (χ2v) is 6.11. The number of H-pyrrole nitrogens is 1. The first kappa shape index (κ1) is 17.5. The van der Waals surface area contributed by atoms with Crippen molar-refractivity contribution in [2.75, 3.05) is 6.61 Å². The zero-order valence-electron chi connectivity index (χ0n) is 15.0. The van der Waals surface area contributed by atoms with Crippen LogP contribution in [0.2, 0.25) is 0 Å². The molecule has 0 aliphatic carbocycles. The van der Waals surface area contributed by atoms with Gasteiger partial charge in [-0.2, -0.15) is 0 Å². The van der Waals surface area contributed by atoms with Gasteiger partial charge in [-0.1, -0.05) is 30.3 Å². The maximum absolute atomic E-state index is 12.5. The molecule has 0 bridgehead atoms. The smallest absolute Gasteiger partial charge is 0.335 e. The third-order valence-corrected chi connectivity index (χ3v) is 4.38. The topological polar surface area (TPSA) is 96.7 Å². The molecule has 0 saturated heterocycles. The van der Waals surface area contributed by atoms with Crippen LogP contribution in [0.15, 0.2) is 63.1 Å². The minimum atomic E-state index is -0.753. The number of hydrogen-bond donors (Lipinski definition) is 2. The molecular weight excluding hydrogens is 358 g/mol. The van der Waals surface area contributed by atoms with E-state index in [9.17, 15) is 14.7 Å². The van der Waals surface area contributed by atoms with E-state index < -0.39 is 17.1 Å². The number of aromatic hydroxyl groups is 1. The van der Waals surface area contributed by atoms with Gasteiger partial charge in [0.05, 0.1) is 18.0 Å². The minimum Gasteiger partial charge on any atom is -0.494 e. The molecule has 4 rings (SSSR count). The Balaban J connectivity index is 1.92. The van der Waals surface area contributed by atoms with E-state index in [1.54, 1.807) is 30.5 Å². The van der Waals surface area contributed by atoms with Gasteiger partial charge in [0.25, 0.3) is 5.56 Å². The number of benzene rings is 2. The molecule has 0 spiro atoms. The summed E-state index contributed by atoms with van der Waals surface area (Å²) in [7, 11) is 0. The number of para-hydroxylation sites is 3. The van der Waals surface area contributed by atoms with Gasteiger partial charge in [0, 0.05) is 17.4 Å². The Hall–Kier alpha value is -3.87. The van der Waals surface area contributed by atoms with Crippen LogP contribution in [0, 0.1) is 0 Å². The Labute approximate surface area is 159 Å². The molecule has 0 atom stereocenters. The molecule has 140 valence electrons. The molecule has 1 aliphatic heterocycles. The Bertz CT molecular complexity index is 1230. The van der Waals surface area contributed by atoms with Crippen molar-refractivity contribution in [1.29, 1.82) is 0 Å². The van der Waals surface area contributed by atoms with Crippen LogP contribution in [-0.2, 0) is 0 Å². The van der Waals surface area contributed by atoms with Gasteiger partial charge < -0.3 is 9.84 Å². The van der Waals surface area contributed by atoms with Crippen molar-refractivity contribution in [3.8, 4) is 17.3 Å². The first-order chi connectivity index (χ1) is 13.6. The number of aromatic nitrogens is 2. The number of rotatable bonds is 4. The van der Waals surface area contributed by atoms with Gasteiger partial charge in [0.15, 0.2) is 0 Å². The number of ether oxygens (including phenoxy) is 1. The highest BCUT2D eigenvalue weighted by Crippen LogP contribution is 2.33. The van der Waals surface area contributed by atoms with E-state index in [1.165, 1.54) is 6.08 Å². The second kappa shape index (κ2) is 7.03. The number of fused-ring (bicyclic) bond motifs is 1. The molecule has 0 fully saturated rings. The average molecular weight is 375 g/mol. The summed E-state index contributed by atoms with van der Waals surface area (Å²) in [6.07, 6.45) is 3.13. The van der Waals surface area contributed by atoms with Crippen LogP contribution in [0.5, 0.6) is 11.6 Å². The zero-order chi connectivity index (χ0) is 19.7. The molecule has 0 unspecified atom stereocenters. The third-order valence-electron chi connectivity index (χ3n) is 4.38. The standard InChI is InChI=1S/C21H17N3O4/c1-2-28-18-10-6-5-9-17(18)24-20(26)15(19(25)23-21(24)27)11-13-12-22-16-8-4-3-7-14(13)16/h3-12,26H,2H2,1H3,(H,23,25,27)/b13-11+. The second-order valence-electron chi connectivity index (χ2n) is 6.11. The van der Waals surface area contributed by atoms with Gasteiger partial charge in [0.1, 0.15) is 11.3 Å². The van der Waals surface area contributed by atoms with E-state index in [0.29, 0.717) is 23.6 Å². The van der Waals surface area contributed by atoms with Crippen LogP contribution in [0.25, 0.3) is 17.3 Å². The van der Waals surface area contributed by atoms with Crippen molar-refractivity contribution in [1.82, 2.24) is 9.55 Å². The maximum atomic E-state index is 12.5. The van der Waals surface area contributed by atoms with Crippen molar-refractivity contribution in [3.63, 3.8) is 0 Å². The van der Waals surface area contributed by atoms with Crippen molar-refractivity contribution in [3.05, 3.63) is 80.5 Å². The van der Waals surface area contributed by atoms with E-state index in [1.807, 2.05) is 31.2 Å². The summed E-state index contributed by atoms with van der Waals surface area (Å²) in [5.41, 5.74) is 1.15. The van der Waals surface area contributed by atoms with E-state index >= 15 is 0 Å². The fourth-order valence-electron chi connectivity index (χ4n) is 3.12. The number of allylic oxidation sites excluding steroid dienone is 1. The Morgan fingerprint density at radius 1 is 1.14 bits per heavy atom. The highest BCUT2D eigenvalue weighted by molar-refractivity contribution is 6.21. The molecule has 7 nitrogen and oxygen atoms in total. The summed E-state index contributed by atoms with van der Waals surface area (Å²) in [4.78, 5) is 31.4. The van der Waals surface area contributed by atoms with Gasteiger partial charge in [-0.3, -0.25) is 14.8 Å². The molecule has 28 heavy (non-hydrogen) atoms. The monoisotopic (exact) mass is 375 g/mol. The third kappa shape index (κ3) is 2.92. The average Bonchev–Trinajstić information content (AvgIpc) is 3.09. The fraction of sp³-hybridized carbons (Fsp3) is 0.0952. The van der Waals surface area contributed by atoms with Gasteiger partial charge in [0.2, 0.25) is 5.88 Å². The Morgan fingerprint density at radius 2 is 1.89 bits per heavy atom. The van der Waals surface area contributed by atoms with Crippen LogP contribution in [0.3, 0.4) is 0 Å². The summed E-state index contributed by atoms with van der Waals surface area (Å²) >= 11 is 0. The van der Waals surface area contributed by atoms with E-state index in [0.717, 1.165) is 15.8 Å². The highest BCUT2D eigenvalue weighted by Gasteiger charge is 2.19. The predicted octanol–water partition coefficient (Wildman–Crippen LogP) is 2.89. The largest absolute Gasteiger partial charge is 0.494 e. The molecule has 0 radical (unpaired) electrons. The van der Waals surface area contributed by atoms with Gasteiger partial charge in [-0.05, 0) is 31.2 Å². The predicted molar refractivity (Wildman–Crippen MR) is 108 cm³/mol. The maximum Gasteiger partial charge on any atom is 0.335 e. The van der Waals surface area contributed by atoms with Gasteiger partial charge in [-0.25, -0.2) is 9.36 Å². The number of aliphatic imine (C=N–C) groups is 1. The zero-order valence-corrected chi connectivity index (χ0v) is 15.0. The van der Waals surface area contributed by atoms with E-state index in [2.05, 4.69) is 9.98 Å². The molecule has 7 heteroatoms. The minimum absolute atomic E-state index is 0.0379. The summed E-state index contributed by atoms with van der Waals surface area (Å²) in [6, 6.07) is 14.3. The van der Waals surface area contributed by atoms with Crippen LogP contribution < -0.4 is 16.0 Å². The molecule has 2 aromatic carbocycles. The van der Waals surface area contributed by atoms with E-state index in [-0.39, 0.29) is 5.56 Å². The molecule has 1 aromatic heterocycles. The van der Waals surface area contributed by atoms with E-state index in [4.69, 9.17) is 4.74 Å². The first-order valence-corrected chi connectivity index (χ1v) is 8.76. The number of hydrogen-bond acceptors (Lipinski definition) is 5. The molecule has 1 aliphatic rings. The van der Waals surface area contributed by atoms with Crippen molar-refractivity contribution in [2.24, 2.45) is 4.99 Å². The number of nitrogens with zero attached hydrogens (tertiary/aromatic N) is 2. The van der Waals surface area contributed by atoms with Gasteiger partial charge in [-0.15, -0.1) is 0 Å². The van der Waals surface area contributed by atoms with Crippen molar-refractivity contribution in [2.45, 2.75) is 6.92 Å². The molecule has 3 aromatic rings. The summed E-state index contributed by atoms with van der Waals surface area (Å²) < 4.78 is 6.58. The fourth-order valence-corrected chi connectivity index (χ4v) is 3.12. The normalized spacial score (nSPS) is 13.7. The van der Waals surface area contributed by atoms with Crippen LogP contribution in [0.4, 0.5) is 5.69 Å². The molecule has 0 saturated carbocycles. The Kier molecular flexibility index (Phi) is 4.41. The first-order valence-electron chi connectivity index (χ1n) is 8.76. The molecule has 2 heterocycles. The van der Waals surface area contributed by atoms with Gasteiger partial charge >= 0.3 is 5.69 Å². The lowest BCUT2D eigenvalue weighted by molar-refractivity contribution is 0.336. The summed E-state index contributed by atoms with van der Waals surface area (Å²) in [5.74, 6) is -0.0491. The SMILES string of the molecule is CCOc1ccccc1-n1c(O)c(/C=C2\C=Nc3ccccc32)c(=O)[nH]c1=O. The lowest BCUT2D eigenvalue weighted by Gasteiger charge is -2.14. The lowest BCUT2D eigenvalue weighted by atomic mass is 10.1. The quantitative estimate of drug-likeness (QED) is 0.733. The van der Waals surface area contributed by atoms with Crippen LogP contribution in [0.1, 0.15) is 18.1 Å². The number of nitrogens with one attached hydrogen (secondary N) is 1. The molecule has 2 N–H and O–H groups in total.